The summed E-state index contributed by atoms with van der Waals surface area (Å²) in [6.07, 6.45) is 1.46. The SMILES string of the molecule is COC(=O)c1c(N2CCN(C(=O)c3ccco3)CC2)c2ccccc2n(Cc2ccc(F)cc2)c1=O. The van der Waals surface area contributed by atoms with Crippen LogP contribution in [0, 0.1) is 5.82 Å². The van der Waals surface area contributed by atoms with E-state index in [1.165, 1.54) is 30.1 Å². The maximum Gasteiger partial charge on any atom is 0.345 e. The first-order chi connectivity index (χ1) is 17.5. The molecule has 4 aromatic rings. The summed E-state index contributed by atoms with van der Waals surface area (Å²) in [6, 6.07) is 16.5. The molecule has 2 aromatic carbocycles. The van der Waals surface area contributed by atoms with Crippen LogP contribution in [0.15, 0.2) is 76.1 Å². The van der Waals surface area contributed by atoms with Crippen molar-refractivity contribution in [1.29, 1.82) is 0 Å². The second-order valence-corrected chi connectivity index (χ2v) is 8.51. The molecule has 36 heavy (non-hydrogen) atoms. The highest BCUT2D eigenvalue weighted by atomic mass is 19.1. The van der Waals surface area contributed by atoms with Gasteiger partial charge in [0.05, 0.1) is 31.1 Å². The van der Waals surface area contributed by atoms with Crippen LogP contribution in [0.1, 0.15) is 26.5 Å². The Bertz CT molecular complexity index is 1470. The van der Waals surface area contributed by atoms with Crippen LogP contribution in [0.5, 0.6) is 0 Å². The molecule has 1 fully saturated rings. The molecule has 0 spiro atoms. The van der Waals surface area contributed by atoms with Crippen LogP contribution in [0.4, 0.5) is 10.1 Å². The predicted molar refractivity (Wildman–Crippen MR) is 132 cm³/mol. The summed E-state index contributed by atoms with van der Waals surface area (Å²) < 4.78 is 25.2. The van der Waals surface area contributed by atoms with Crippen LogP contribution in [-0.4, -0.2) is 54.6 Å². The van der Waals surface area contributed by atoms with Gasteiger partial charge >= 0.3 is 5.97 Å². The van der Waals surface area contributed by atoms with Gasteiger partial charge < -0.3 is 23.5 Å². The van der Waals surface area contributed by atoms with Gasteiger partial charge in [-0.1, -0.05) is 30.3 Å². The molecule has 0 unspecified atom stereocenters. The number of furan rings is 1. The van der Waals surface area contributed by atoms with Crippen molar-refractivity contribution >= 4 is 28.5 Å². The van der Waals surface area contributed by atoms with Crippen molar-refractivity contribution in [1.82, 2.24) is 9.47 Å². The Kier molecular flexibility index (Phi) is 6.28. The highest BCUT2D eigenvalue weighted by molar-refractivity contribution is 6.05. The number of fused-ring (bicyclic) bond motifs is 1. The molecule has 8 nitrogen and oxygen atoms in total. The van der Waals surface area contributed by atoms with Crippen molar-refractivity contribution in [2.75, 3.05) is 38.2 Å². The number of amides is 1. The van der Waals surface area contributed by atoms with Gasteiger partial charge in [0, 0.05) is 31.6 Å². The zero-order valence-electron chi connectivity index (χ0n) is 19.6. The minimum atomic E-state index is -0.734. The van der Waals surface area contributed by atoms with Gasteiger partial charge in [0.1, 0.15) is 11.4 Å². The molecule has 1 saturated heterocycles. The van der Waals surface area contributed by atoms with E-state index >= 15 is 0 Å². The lowest BCUT2D eigenvalue weighted by atomic mass is 10.1. The molecule has 0 aliphatic carbocycles. The van der Waals surface area contributed by atoms with Gasteiger partial charge in [-0.25, -0.2) is 9.18 Å². The van der Waals surface area contributed by atoms with Crippen molar-refractivity contribution in [3.8, 4) is 0 Å². The Morgan fingerprint density at radius 2 is 1.69 bits per heavy atom. The van der Waals surface area contributed by atoms with Crippen LogP contribution in [0.25, 0.3) is 10.9 Å². The van der Waals surface area contributed by atoms with E-state index in [-0.39, 0.29) is 29.6 Å². The molecule has 0 radical (unpaired) electrons. The molecule has 3 heterocycles. The number of ether oxygens (including phenoxy) is 1. The first-order valence-electron chi connectivity index (χ1n) is 11.5. The molecular weight excluding hydrogens is 465 g/mol. The van der Waals surface area contributed by atoms with Crippen molar-refractivity contribution < 1.29 is 23.1 Å². The van der Waals surface area contributed by atoms with E-state index in [1.807, 2.05) is 29.2 Å². The quantitative estimate of drug-likeness (QED) is 0.399. The fourth-order valence-corrected chi connectivity index (χ4v) is 4.62. The van der Waals surface area contributed by atoms with Gasteiger partial charge in [0.25, 0.3) is 11.5 Å². The summed E-state index contributed by atoms with van der Waals surface area (Å²) >= 11 is 0. The number of pyridine rings is 1. The second kappa shape index (κ2) is 9.69. The summed E-state index contributed by atoms with van der Waals surface area (Å²) in [5, 5.41) is 0.713. The second-order valence-electron chi connectivity index (χ2n) is 8.51. The van der Waals surface area contributed by atoms with Gasteiger partial charge in [-0.15, -0.1) is 0 Å². The zero-order valence-corrected chi connectivity index (χ0v) is 19.6. The standard InChI is InChI=1S/C27H24FN3O5/c1-35-27(34)23-24(29-12-14-30(15-13-29)25(32)22-7-4-16-36-22)20-5-2-3-6-21(20)31(26(23)33)17-18-8-10-19(28)11-9-18/h2-11,16H,12-15,17H2,1H3. The maximum atomic E-state index is 13.7. The number of para-hydroxylation sites is 1. The van der Waals surface area contributed by atoms with E-state index in [0.29, 0.717) is 42.8 Å². The number of hydrogen-bond acceptors (Lipinski definition) is 6. The molecule has 1 aliphatic rings. The zero-order chi connectivity index (χ0) is 25.2. The largest absolute Gasteiger partial charge is 0.465 e. The fourth-order valence-electron chi connectivity index (χ4n) is 4.62. The average molecular weight is 490 g/mol. The normalized spacial score (nSPS) is 13.7. The molecule has 5 rings (SSSR count). The monoisotopic (exact) mass is 489 g/mol. The lowest BCUT2D eigenvalue weighted by molar-refractivity contribution is 0.0597. The third-order valence-electron chi connectivity index (χ3n) is 6.40. The molecule has 0 saturated carbocycles. The third-order valence-corrected chi connectivity index (χ3v) is 6.40. The molecule has 0 N–H and O–H groups in total. The lowest BCUT2D eigenvalue weighted by Crippen LogP contribution is -2.49. The maximum absolute atomic E-state index is 13.7. The van der Waals surface area contributed by atoms with E-state index < -0.39 is 11.5 Å². The molecule has 0 bridgehead atoms. The summed E-state index contributed by atoms with van der Waals surface area (Å²) in [7, 11) is 1.24. The van der Waals surface area contributed by atoms with Gasteiger partial charge in [-0.3, -0.25) is 9.59 Å². The van der Waals surface area contributed by atoms with Crippen LogP contribution < -0.4 is 10.5 Å². The van der Waals surface area contributed by atoms with E-state index in [0.717, 1.165) is 5.56 Å². The van der Waals surface area contributed by atoms with E-state index in [1.54, 1.807) is 29.2 Å². The summed E-state index contributed by atoms with van der Waals surface area (Å²) in [6.45, 7) is 1.79. The summed E-state index contributed by atoms with van der Waals surface area (Å²) in [5.74, 6) is -1.03. The lowest BCUT2D eigenvalue weighted by Gasteiger charge is -2.37. The molecule has 0 atom stereocenters. The topological polar surface area (TPSA) is 85.0 Å². The number of aromatic nitrogens is 1. The number of rotatable bonds is 5. The van der Waals surface area contributed by atoms with Crippen LogP contribution in [0.2, 0.25) is 0 Å². The van der Waals surface area contributed by atoms with Gasteiger partial charge in [-0.05, 0) is 35.9 Å². The van der Waals surface area contributed by atoms with Gasteiger partial charge in [0.15, 0.2) is 5.76 Å². The van der Waals surface area contributed by atoms with Crippen LogP contribution >= 0.6 is 0 Å². The van der Waals surface area contributed by atoms with E-state index in [4.69, 9.17) is 9.15 Å². The Morgan fingerprint density at radius 3 is 2.36 bits per heavy atom. The summed E-state index contributed by atoms with van der Waals surface area (Å²) in [4.78, 5) is 43.0. The fraction of sp³-hybridized carbons (Fsp3) is 0.222. The van der Waals surface area contributed by atoms with E-state index in [9.17, 15) is 18.8 Å². The number of carbonyl (C=O) groups excluding carboxylic acids is 2. The summed E-state index contributed by atoms with van der Waals surface area (Å²) in [5.41, 5.74) is 1.29. The number of piperazine rings is 1. The number of anilines is 1. The highest BCUT2D eigenvalue weighted by Crippen LogP contribution is 2.31. The Hall–Kier alpha value is -4.40. The van der Waals surface area contributed by atoms with Gasteiger partial charge in [-0.2, -0.15) is 0 Å². The molecule has 1 aliphatic heterocycles. The minimum absolute atomic E-state index is 0.0656. The smallest absolute Gasteiger partial charge is 0.345 e. The van der Waals surface area contributed by atoms with Crippen LogP contribution in [-0.2, 0) is 11.3 Å². The molecule has 9 heteroatoms. The van der Waals surface area contributed by atoms with Gasteiger partial charge in [0.2, 0.25) is 0 Å². The minimum Gasteiger partial charge on any atom is -0.465 e. The van der Waals surface area contributed by atoms with Crippen molar-refractivity contribution in [2.24, 2.45) is 0 Å². The first-order valence-corrected chi connectivity index (χ1v) is 11.5. The molecule has 2 aromatic heterocycles. The Balaban J connectivity index is 1.56. The Labute approximate surface area is 206 Å². The number of benzene rings is 2. The van der Waals surface area contributed by atoms with Crippen molar-refractivity contribution in [3.05, 3.63) is 100.0 Å². The third kappa shape index (κ3) is 4.24. The Morgan fingerprint density at radius 1 is 0.972 bits per heavy atom. The first kappa shape index (κ1) is 23.3. The number of carbonyl (C=O) groups is 2. The highest BCUT2D eigenvalue weighted by Gasteiger charge is 2.30. The predicted octanol–water partition coefficient (Wildman–Crippen LogP) is 3.53. The number of methoxy groups -OCH3 is 1. The number of hydrogen-bond donors (Lipinski definition) is 0. The van der Waals surface area contributed by atoms with E-state index in [2.05, 4.69) is 0 Å². The number of nitrogens with zero attached hydrogens (tertiary/aromatic N) is 3. The molecule has 1 amide bonds. The van der Waals surface area contributed by atoms with Crippen molar-refractivity contribution in [3.63, 3.8) is 0 Å². The van der Waals surface area contributed by atoms with Crippen molar-refractivity contribution in [2.45, 2.75) is 6.54 Å². The number of halogens is 1. The average Bonchev–Trinajstić information content (AvgIpc) is 3.45. The number of esters is 1. The molecular formula is C27H24FN3O5. The van der Waals surface area contributed by atoms with Crippen LogP contribution in [0.3, 0.4) is 0 Å². The molecule has 184 valence electrons.